The molecule has 6 heteroatoms. The number of ether oxygens (including phenoxy) is 1. The summed E-state index contributed by atoms with van der Waals surface area (Å²) in [5.74, 6) is -1.50. The van der Waals surface area contributed by atoms with Gasteiger partial charge in [-0.25, -0.2) is 0 Å². The van der Waals surface area contributed by atoms with E-state index in [1.807, 2.05) is 13.8 Å². The minimum absolute atomic E-state index is 0. The quantitative estimate of drug-likeness (QED) is 0.594. The zero-order valence-corrected chi connectivity index (χ0v) is 16.7. The molecule has 2 fully saturated rings. The van der Waals surface area contributed by atoms with E-state index in [2.05, 4.69) is 5.32 Å². The normalized spacial score (nSPS) is 24.2. The first kappa shape index (κ1) is 20.9. The van der Waals surface area contributed by atoms with Crippen molar-refractivity contribution in [1.29, 1.82) is 0 Å². The van der Waals surface area contributed by atoms with E-state index in [1.165, 1.54) is 12.8 Å². The van der Waals surface area contributed by atoms with Gasteiger partial charge in [-0.2, -0.15) is 0 Å². The third kappa shape index (κ3) is 6.37. The summed E-state index contributed by atoms with van der Waals surface area (Å²) in [6, 6.07) is 0.107. The van der Waals surface area contributed by atoms with Crippen LogP contribution in [0.1, 0.15) is 65.2 Å². The molecule has 1 aliphatic carbocycles. The number of aliphatic carboxylic acids is 1. The van der Waals surface area contributed by atoms with Crippen LogP contribution in [-0.4, -0.2) is 30.1 Å². The van der Waals surface area contributed by atoms with Gasteiger partial charge in [-0.1, -0.05) is 26.7 Å². The number of rotatable bonds is 6. The van der Waals surface area contributed by atoms with Crippen LogP contribution in [0.3, 0.4) is 0 Å². The van der Waals surface area contributed by atoms with Gasteiger partial charge in [-0.15, -0.1) is 0 Å². The Balaban J connectivity index is 0.00000264. The van der Waals surface area contributed by atoms with Crippen molar-refractivity contribution in [2.45, 2.75) is 76.9 Å². The molecule has 0 aromatic carbocycles. The van der Waals surface area contributed by atoms with Crippen LogP contribution in [-0.2, 0) is 14.3 Å². The van der Waals surface area contributed by atoms with Crippen LogP contribution in [0.5, 0.6) is 0 Å². The Hall–Kier alpha value is -0.100. The maximum absolute atomic E-state index is 12.4. The average Bonchev–Trinajstić information content (AvgIpc) is 2.85. The standard InChI is InChI=1S/C17H29NO4.Na/c1-12(2)9-13(10-15(19)20)16(21)18-14-5-8-22-17(11-14)6-3-4-7-17;/h12-14H,3-11H2,1-2H3,(H,18,21)(H,19,20);/q;+1/p-1. The van der Waals surface area contributed by atoms with Crippen molar-refractivity contribution in [3.8, 4) is 0 Å². The Bertz CT molecular complexity index is 407. The van der Waals surface area contributed by atoms with E-state index >= 15 is 0 Å². The van der Waals surface area contributed by atoms with E-state index in [1.54, 1.807) is 0 Å². The minimum atomic E-state index is -1.15. The molecule has 1 aliphatic heterocycles. The van der Waals surface area contributed by atoms with Crippen molar-refractivity contribution in [1.82, 2.24) is 5.32 Å². The third-order valence-corrected chi connectivity index (χ3v) is 4.89. The Morgan fingerprint density at radius 1 is 1.30 bits per heavy atom. The van der Waals surface area contributed by atoms with Gasteiger partial charge in [0.15, 0.2) is 0 Å². The van der Waals surface area contributed by atoms with Crippen LogP contribution in [0.25, 0.3) is 0 Å². The molecule has 2 atom stereocenters. The smallest absolute Gasteiger partial charge is 0.550 e. The van der Waals surface area contributed by atoms with Crippen LogP contribution >= 0.6 is 0 Å². The van der Waals surface area contributed by atoms with Gasteiger partial charge >= 0.3 is 29.6 Å². The predicted molar refractivity (Wildman–Crippen MR) is 80.9 cm³/mol. The fraction of sp³-hybridized carbons (Fsp3) is 0.882. The van der Waals surface area contributed by atoms with Crippen LogP contribution in [0.4, 0.5) is 0 Å². The van der Waals surface area contributed by atoms with Crippen molar-refractivity contribution < 1.29 is 49.0 Å². The number of amides is 1. The Morgan fingerprint density at radius 2 is 1.96 bits per heavy atom. The largest absolute Gasteiger partial charge is 1.00 e. The number of carbonyl (C=O) groups is 2. The topological polar surface area (TPSA) is 78.5 Å². The van der Waals surface area contributed by atoms with Crippen molar-refractivity contribution in [2.75, 3.05) is 6.61 Å². The number of carboxylic acid groups (broad SMARTS) is 1. The number of carbonyl (C=O) groups excluding carboxylic acids is 2. The number of hydrogen-bond donors (Lipinski definition) is 1. The van der Waals surface area contributed by atoms with Gasteiger partial charge in [0.2, 0.25) is 5.91 Å². The molecule has 2 aliphatic rings. The maximum Gasteiger partial charge on any atom is 1.00 e. The molecule has 1 heterocycles. The minimum Gasteiger partial charge on any atom is -0.550 e. The molecule has 2 rings (SSSR count). The van der Waals surface area contributed by atoms with E-state index in [4.69, 9.17) is 4.74 Å². The predicted octanol–water partition coefficient (Wildman–Crippen LogP) is -1.60. The fourth-order valence-corrected chi connectivity index (χ4v) is 3.89. The summed E-state index contributed by atoms with van der Waals surface area (Å²) in [6.45, 7) is 4.68. The SMILES string of the molecule is CC(C)CC(CC(=O)[O-])C(=O)NC1CCOC2(CCCC2)C1.[Na+]. The van der Waals surface area contributed by atoms with Gasteiger partial charge in [0.25, 0.3) is 0 Å². The van der Waals surface area contributed by atoms with Crippen LogP contribution in [0.15, 0.2) is 0 Å². The summed E-state index contributed by atoms with van der Waals surface area (Å²) in [5, 5.41) is 14.0. The second-order valence-electron chi connectivity index (χ2n) is 7.34. The molecular weight excluding hydrogens is 305 g/mol. The van der Waals surface area contributed by atoms with E-state index in [0.717, 1.165) is 25.7 Å². The first-order chi connectivity index (χ1) is 10.4. The van der Waals surface area contributed by atoms with Crippen LogP contribution < -0.4 is 40.0 Å². The molecule has 1 spiro atoms. The van der Waals surface area contributed by atoms with Gasteiger partial charge in [-0.3, -0.25) is 4.79 Å². The maximum atomic E-state index is 12.4. The van der Waals surface area contributed by atoms with Gasteiger partial charge in [0.05, 0.1) is 5.60 Å². The average molecular weight is 333 g/mol. The van der Waals surface area contributed by atoms with E-state index in [0.29, 0.717) is 13.0 Å². The Labute approximate surface area is 161 Å². The zero-order valence-electron chi connectivity index (χ0n) is 14.7. The summed E-state index contributed by atoms with van der Waals surface area (Å²) in [6.07, 6.45) is 6.60. The van der Waals surface area contributed by atoms with E-state index in [-0.39, 0.29) is 59.4 Å². The summed E-state index contributed by atoms with van der Waals surface area (Å²) < 4.78 is 5.97. The summed E-state index contributed by atoms with van der Waals surface area (Å²) in [7, 11) is 0. The van der Waals surface area contributed by atoms with Crippen molar-refractivity contribution in [3.05, 3.63) is 0 Å². The molecule has 2 unspecified atom stereocenters. The van der Waals surface area contributed by atoms with Gasteiger partial charge < -0.3 is 20.0 Å². The van der Waals surface area contributed by atoms with Crippen molar-refractivity contribution in [2.24, 2.45) is 11.8 Å². The van der Waals surface area contributed by atoms with Crippen molar-refractivity contribution >= 4 is 11.9 Å². The molecule has 1 saturated carbocycles. The molecule has 1 N–H and O–H groups in total. The molecule has 126 valence electrons. The summed E-state index contributed by atoms with van der Waals surface area (Å²) in [4.78, 5) is 23.3. The molecule has 1 saturated heterocycles. The second-order valence-corrected chi connectivity index (χ2v) is 7.34. The number of hydrogen-bond acceptors (Lipinski definition) is 4. The van der Waals surface area contributed by atoms with Crippen LogP contribution in [0, 0.1) is 11.8 Å². The molecule has 0 aromatic heterocycles. The van der Waals surface area contributed by atoms with E-state index < -0.39 is 11.9 Å². The van der Waals surface area contributed by atoms with Gasteiger partial charge in [-0.05, 0) is 44.4 Å². The van der Waals surface area contributed by atoms with Crippen LogP contribution in [0.2, 0.25) is 0 Å². The zero-order chi connectivity index (χ0) is 16.2. The molecule has 0 radical (unpaired) electrons. The number of nitrogens with one attached hydrogen (secondary N) is 1. The second kappa shape index (κ2) is 9.40. The molecule has 5 nitrogen and oxygen atoms in total. The summed E-state index contributed by atoms with van der Waals surface area (Å²) >= 11 is 0. The molecular formula is C17H28NNaO4. The molecule has 0 bridgehead atoms. The van der Waals surface area contributed by atoms with Gasteiger partial charge in [0, 0.05) is 24.5 Å². The first-order valence-corrected chi connectivity index (χ1v) is 8.54. The van der Waals surface area contributed by atoms with Crippen molar-refractivity contribution in [3.63, 3.8) is 0 Å². The Kier molecular flexibility index (Phi) is 8.56. The molecule has 0 aromatic rings. The number of carboxylic acids is 1. The third-order valence-electron chi connectivity index (χ3n) is 4.89. The van der Waals surface area contributed by atoms with E-state index in [9.17, 15) is 14.7 Å². The fourth-order valence-electron chi connectivity index (χ4n) is 3.89. The molecule has 23 heavy (non-hydrogen) atoms. The first-order valence-electron chi connectivity index (χ1n) is 8.54. The molecule has 1 amide bonds. The van der Waals surface area contributed by atoms with Gasteiger partial charge in [0.1, 0.15) is 0 Å². The monoisotopic (exact) mass is 333 g/mol. The summed E-state index contributed by atoms with van der Waals surface area (Å²) in [5.41, 5.74) is -0.0436. The Morgan fingerprint density at radius 3 is 2.52 bits per heavy atom.